The van der Waals surface area contributed by atoms with Gasteiger partial charge in [0, 0.05) is 0 Å². The zero-order valence-corrected chi connectivity index (χ0v) is 12.9. The third kappa shape index (κ3) is 3.17. The number of rotatable bonds is 4. The van der Waals surface area contributed by atoms with Crippen LogP contribution in [0.1, 0.15) is 15.2 Å². The van der Waals surface area contributed by atoms with Gasteiger partial charge in [-0.2, -0.15) is 0 Å². The average Bonchev–Trinajstić information content (AvgIpc) is 2.72. The van der Waals surface area contributed by atoms with Crippen molar-refractivity contribution in [1.29, 1.82) is 0 Å². The van der Waals surface area contributed by atoms with E-state index in [1.165, 1.54) is 25.1 Å². The molecule has 0 atom stereocenters. The lowest BCUT2D eigenvalue weighted by molar-refractivity contribution is 0.0701. The molecular formula is C12H9ClFNO4S2. The van der Waals surface area contributed by atoms with E-state index < -0.39 is 26.7 Å². The van der Waals surface area contributed by atoms with Crippen LogP contribution in [0.3, 0.4) is 0 Å². The molecule has 0 unspecified atom stereocenters. The molecule has 1 aromatic carbocycles. The number of hydrogen-bond acceptors (Lipinski definition) is 4. The summed E-state index contributed by atoms with van der Waals surface area (Å²) in [6.07, 6.45) is 0. The van der Waals surface area contributed by atoms with Crippen LogP contribution in [0.2, 0.25) is 5.02 Å². The van der Waals surface area contributed by atoms with Gasteiger partial charge in [-0.25, -0.2) is 17.6 Å². The van der Waals surface area contributed by atoms with Crippen LogP contribution in [0.4, 0.5) is 9.39 Å². The summed E-state index contributed by atoms with van der Waals surface area (Å²) in [5.74, 6) is -2.21. The monoisotopic (exact) mass is 349 g/mol. The Morgan fingerprint density at radius 2 is 2.10 bits per heavy atom. The SMILES string of the molecule is Cc1cc(NS(=O)(=O)c2cccc(Cl)c2F)sc1C(=O)O. The normalized spacial score (nSPS) is 11.4. The van der Waals surface area contributed by atoms with E-state index in [1.807, 2.05) is 0 Å². The number of aromatic carboxylic acids is 1. The molecule has 21 heavy (non-hydrogen) atoms. The summed E-state index contributed by atoms with van der Waals surface area (Å²) in [5.41, 5.74) is 0.414. The highest BCUT2D eigenvalue weighted by molar-refractivity contribution is 7.93. The smallest absolute Gasteiger partial charge is 0.346 e. The molecule has 0 aliphatic heterocycles. The summed E-state index contributed by atoms with van der Waals surface area (Å²) in [6, 6.07) is 4.98. The van der Waals surface area contributed by atoms with Crippen LogP contribution in [-0.4, -0.2) is 19.5 Å². The van der Waals surface area contributed by atoms with Crippen molar-refractivity contribution in [3.63, 3.8) is 0 Å². The lowest BCUT2D eigenvalue weighted by Crippen LogP contribution is -2.13. The zero-order valence-electron chi connectivity index (χ0n) is 10.6. The minimum atomic E-state index is -4.19. The fraction of sp³-hybridized carbons (Fsp3) is 0.0833. The van der Waals surface area contributed by atoms with E-state index in [4.69, 9.17) is 16.7 Å². The molecule has 112 valence electrons. The second-order valence-corrected chi connectivity index (χ2v) is 7.20. The molecule has 2 aromatic rings. The Hall–Kier alpha value is -1.64. The Morgan fingerprint density at radius 1 is 1.43 bits per heavy atom. The average molecular weight is 350 g/mol. The standard InChI is InChI=1S/C12H9ClFNO4S2/c1-6-5-9(20-11(6)12(16)17)15-21(18,19)8-4-2-3-7(13)10(8)14/h2-5,15H,1H3,(H,16,17). The molecule has 1 heterocycles. The number of anilines is 1. The van der Waals surface area contributed by atoms with Gasteiger partial charge < -0.3 is 5.11 Å². The number of sulfonamides is 1. The summed E-state index contributed by atoms with van der Waals surface area (Å²) >= 11 is 6.31. The fourth-order valence-electron chi connectivity index (χ4n) is 1.62. The molecule has 2 rings (SSSR count). The fourth-order valence-corrected chi connectivity index (χ4v) is 4.15. The molecule has 0 fully saturated rings. The molecule has 9 heteroatoms. The number of carboxylic acids is 1. The van der Waals surface area contributed by atoms with Crippen LogP contribution in [0, 0.1) is 12.7 Å². The van der Waals surface area contributed by atoms with Crippen molar-refractivity contribution >= 4 is 43.9 Å². The second-order valence-electron chi connectivity index (χ2n) is 4.09. The van der Waals surface area contributed by atoms with Gasteiger partial charge in [-0.1, -0.05) is 17.7 Å². The van der Waals surface area contributed by atoms with Crippen molar-refractivity contribution in [2.45, 2.75) is 11.8 Å². The van der Waals surface area contributed by atoms with Gasteiger partial charge in [0.1, 0.15) is 14.8 Å². The van der Waals surface area contributed by atoms with Crippen LogP contribution in [0.15, 0.2) is 29.2 Å². The highest BCUT2D eigenvalue weighted by Crippen LogP contribution is 2.30. The van der Waals surface area contributed by atoms with Gasteiger partial charge in [-0.05, 0) is 30.7 Å². The van der Waals surface area contributed by atoms with Crippen molar-refractivity contribution in [2.24, 2.45) is 0 Å². The van der Waals surface area contributed by atoms with Gasteiger partial charge in [-0.3, -0.25) is 4.72 Å². The van der Waals surface area contributed by atoms with Gasteiger partial charge in [0.25, 0.3) is 10.0 Å². The maximum absolute atomic E-state index is 13.8. The molecular weight excluding hydrogens is 341 g/mol. The van der Waals surface area contributed by atoms with Gasteiger partial charge in [0.05, 0.1) is 5.02 Å². The molecule has 0 saturated heterocycles. The van der Waals surface area contributed by atoms with Gasteiger partial charge in [-0.15, -0.1) is 11.3 Å². The molecule has 0 aliphatic rings. The summed E-state index contributed by atoms with van der Waals surface area (Å²) in [6.45, 7) is 1.54. The van der Waals surface area contributed by atoms with Crippen molar-refractivity contribution in [1.82, 2.24) is 0 Å². The van der Waals surface area contributed by atoms with E-state index in [1.54, 1.807) is 0 Å². The first kappa shape index (κ1) is 15.7. The minimum Gasteiger partial charge on any atom is -0.477 e. The highest BCUT2D eigenvalue weighted by Gasteiger charge is 2.22. The number of nitrogens with one attached hydrogen (secondary N) is 1. The lowest BCUT2D eigenvalue weighted by Gasteiger charge is -2.07. The number of carboxylic acid groups (broad SMARTS) is 1. The van der Waals surface area contributed by atoms with Crippen molar-refractivity contribution in [3.05, 3.63) is 45.5 Å². The zero-order chi connectivity index (χ0) is 15.8. The van der Waals surface area contributed by atoms with Crippen LogP contribution in [0.5, 0.6) is 0 Å². The van der Waals surface area contributed by atoms with Crippen molar-refractivity contribution in [2.75, 3.05) is 4.72 Å². The number of benzene rings is 1. The number of carbonyl (C=O) groups is 1. The molecule has 0 spiro atoms. The first-order valence-electron chi connectivity index (χ1n) is 5.53. The Bertz CT molecular complexity index is 817. The highest BCUT2D eigenvalue weighted by atomic mass is 35.5. The van der Waals surface area contributed by atoms with Crippen molar-refractivity contribution in [3.8, 4) is 0 Å². The van der Waals surface area contributed by atoms with Crippen LogP contribution in [0.25, 0.3) is 0 Å². The predicted molar refractivity (Wildman–Crippen MR) is 78.2 cm³/mol. The van der Waals surface area contributed by atoms with E-state index in [0.29, 0.717) is 5.56 Å². The predicted octanol–water partition coefficient (Wildman–Crippen LogP) is 3.35. The quantitative estimate of drug-likeness (QED) is 0.886. The molecule has 5 nitrogen and oxygen atoms in total. The van der Waals surface area contributed by atoms with Gasteiger partial charge in [0.2, 0.25) is 0 Å². The topological polar surface area (TPSA) is 83.5 Å². The van der Waals surface area contributed by atoms with Crippen molar-refractivity contribution < 1.29 is 22.7 Å². The van der Waals surface area contributed by atoms with E-state index >= 15 is 0 Å². The summed E-state index contributed by atoms with van der Waals surface area (Å²) in [7, 11) is -4.19. The van der Waals surface area contributed by atoms with E-state index in [-0.39, 0.29) is 14.9 Å². The number of hydrogen-bond donors (Lipinski definition) is 2. The first-order valence-corrected chi connectivity index (χ1v) is 8.20. The molecule has 0 aliphatic carbocycles. The Morgan fingerprint density at radius 3 is 2.67 bits per heavy atom. The summed E-state index contributed by atoms with van der Waals surface area (Å²) in [5, 5.41) is 8.70. The molecule has 1 aromatic heterocycles. The van der Waals surface area contributed by atoms with Gasteiger partial charge in [0.15, 0.2) is 5.82 Å². The molecule has 0 amide bonds. The largest absolute Gasteiger partial charge is 0.477 e. The Balaban J connectivity index is 2.40. The third-order valence-electron chi connectivity index (χ3n) is 2.55. The lowest BCUT2D eigenvalue weighted by atomic mass is 10.3. The third-order valence-corrected chi connectivity index (χ3v) is 5.50. The Kier molecular flexibility index (Phi) is 4.22. The van der Waals surface area contributed by atoms with Crippen LogP contribution < -0.4 is 4.72 Å². The second kappa shape index (κ2) is 5.63. The maximum atomic E-state index is 13.8. The number of aryl methyl sites for hydroxylation is 1. The molecule has 0 radical (unpaired) electrons. The van der Waals surface area contributed by atoms with Crippen LogP contribution >= 0.6 is 22.9 Å². The van der Waals surface area contributed by atoms with E-state index in [0.717, 1.165) is 17.4 Å². The van der Waals surface area contributed by atoms with E-state index in [2.05, 4.69) is 4.72 Å². The summed E-state index contributed by atoms with van der Waals surface area (Å²) < 4.78 is 40.1. The number of halogens is 2. The Labute approximate surface area is 129 Å². The number of thiophene rings is 1. The van der Waals surface area contributed by atoms with Gasteiger partial charge >= 0.3 is 5.97 Å². The molecule has 2 N–H and O–H groups in total. The first-order chi connectivity index (χ1) is 9.72. The minimum absolute atomic E-state index is 0.0132. The molecule has 0 bridgehead atoms. The molecule has 0 saturated carbocycles. The van der Waals surface area contributed by atoms with E-state index in [9.17, 15) is 17.6 Å². The summed E-state index contributed by atoms with van der Waals surface area (Å²) in [4.78, 5) is 10.3. The van der Waals surface area contributed by atoms with Crippen LogP contribution in [-0.2, 0) is 10.0 Å². The maximum Gasteiger partial charge on any atom is 0.346 e.